The number of nitro benzene ring substituents is 1. The largest absolute Gasteiger partial charge is 0.298 e. The van der Waals surface area contributed by atoms with Gasteiger partial charge in [0.2, 0.25) is 5.91 Å². The number of carbonyl (C=O) groups is 1. The van der Waals surface area contributed by atoms with Crippen molar-refractivity contribution in [3.05, 3.63) is 68.7 Å². The second kappa shape index (κ2) is 6.90. The number of anilines is 1. The molecule has 1 heterocycles. The fraction of sp³-hybridized carbons (Fsp3) is 0. The highest BCUT2D eigenvalue weighted by atomic mass is 79.9. The number of aromatic nitrogens is 1. The van der Waals surface area contributed by atoms with E-state index in [9.17, 15) is 14.9 Å². The summed E-state index contributed by atoms with van der Waals surface area (Å²) in [5.41, 5.74) is 1.50. The van der Waals surface area contributed by atoms with Gasteiger partial charge in [0, 0.05) is 22.7 Å². The van der Waals surface area contributed by atoms with E-state index in [0.717, 1.165) is 10.0 Å². The molecular formula is C16H10BrN3O3S. The fourth-order valence-corrected chi connectivity index (χ4v) is 3.14. The number of amides is 1. The average molecular weight is 404 g/mol. The molecule has 0 aliphatic heterocycles. The van der Waals surface area contributed by atoms with Crippen LogP contribution in [0.2, 0.25) is 0 Å². The van der Waals surface area contributed by atoms with Crippen molar-refractivity contribution in [3.8, 4) is 0 Å². The topological polar surface area (TPSA) is 85.1 Å². The number of halogens is 1. The maximum absolute atomic E-state index is 12.0. The molecule has 0 bridgehead atoms. The Balaban J connectivity index is 1.73. The zero-order valence-electron chi connectivity index (χ0n) is 12.1. The maximum Gasteiger partial charge on any atom is 0.270 e. The number of non-ortho nitro benzene ring substituents is 1. The van der Waals surface area contributed by atoms with Gasteiger partial charge in [-0.15, -0.1) is 0 Å². The summed E-state index contributed by atoms with van der Waals surface area (Å²) in [4.78, 5) is 26.5. The summed E-state index contributed by atoms with van der Waals surface area (Å²) in [6, 6.07) is 11.9. The van der Waals surface area contributed by atoms with E-state index >= 15 is 0 Å². The van der Waals surface area contributed by atoms with Crippen LogP contribution in [0.4, 0.5) is 10.8 Å². The summed E-state index contributed by atoms with van der Waals surface area (Å²) in [5, 5.41) is 13.8. The van der Waals surface area contributed by atoms with Gasteiger partial charge in [-0.05, 0) is 29.8 Å². The van der Waals surface area contributed by atoms with E-state index in [1.165, 1.54) is 29.5 Å². The molecule has 2 aromatic carbocycles. The Kier molecular flexibility index (Phi) is 4.68. The van der Waals surface area contributed by atoms with Gasteiger partial charge in [-0.25, -0.2) is 4.98 Å². The molecule has 120 valence electrons. The Morgan fingerprint density at radius 1 is 1.25 bits per heavy atom. The lowest BCUT2D eigenvalue weighted by Crippen LogP contribution is -2.07. The fourth-order valence-electron chi connectivity index (χ4n) is 1.97. The quantitative estimate of drug-likeness (QED) is 0.391. The Hall–Kier alpha value is -2.58. The zero-order valence-corrected chi connectivity index (χ0v) is 14.5. The Labute approximate surface area is 149 Å². The van der Waals surface area contributed by atoms with E-state index in [4.69, 9.17) is 0 Å². The van der Waals surface area contributed by atoms with Crippen molar-refractivity contribution in [2.24, 2.45) is 0 Å². The highest BCUT2D eigenvalue weighted by molar-refractivity contribution is 9.10. The monoisotopic (exact) mass is 403 g/mol. The highest BCUT2D eigenvalue weighted by Gasteiger charge is 2.11. The number of thiazole rings is 1. The molecule has 8 heteroatoms. The molecule has 6 nitrogen and oxygen atoms in total. The third kappa shape index (κ3) is 3.84. The first kappa shape index (κ1) is 16.3. The van der Waals surface area contributed by atoms with Gasteiger partial charge in [0.1, 0.15) is 0 Å². The summed E-state index contributed by atoms with van der Waals surface area (Å²) in [5.74, 6) is -0.313. The summed E-state index contributed by atoms with van der Waals surface area (Å²) in [6.07, 6.45) is 3.11. The van der Waals surface area contributed by atoms with Gasteiger partial charge in [0.15, 0.2) is 5.13 Å². The van der Waals surface area contributed by atoms with Crippen LogP contribution in [0.25, 0.3) is 16.3 Å². The number of carbonyl (C=O) groups excluding carboxylic acids is 1. The lowest BCUT2D eigenvalue weighted by Gasteiger charge is -1.96. The van der Waals surface area contributed by atoms with E-state index < -0.39 is 4.92 Å². The number of nitrogens with zero attached hydrogens (tertiary/aromatic N) is 2. The van der Waals surface area contributed by atoms with Crippen LogP contribution in [0, 0.1) is 10.1 Å². The molecule has 0 saturated heterocycles. The normalized spacial score (nSPS) is 11.0. The molecular weight excluding hydrogens is 394 g/mol. The van der Waals surface area contributed by atoms with Gasteiger partial charge >= 0.3 is 0 Å². The SMILES string of the molecule is O=C(C=Cc1ccc(Br)cc1)Nc1nc2ccc([N+](=O)[O-])cc2s1. The molecule has 24 heavy (non-hydrogen) atoms. The van der Waals surface area contributed by atoms with Crippen molar-refractivity contribution in [1.82, 2.24) is 4.98 Å². The molecule has 0 aliphatic carbocycles. The van der Waals surface area contributed by atoms with E-state index in [-0.39, 0.29) is 11.6 Å². The molecule has 0 atom stereocenters. The standard InChI is InChI=1S/C16H10BrN3O3S/c17-11-4-1-10(2-5-11)3-8-15(21)19-16-18-13-7-6-12(20(22)23)9-14(13)24-16/h1-9H,(H,18,19,21). The number of rotatable bonds is 4. The summed E-state index contributed by atoms with van der Waals surface area (Å²) in [7, 11) is 0. The molecule has 1 N–H and O–H groups in total. The summed E-state index contributed by atoms with van der Waals surface area (Å²) >= 11 is 4.54. The van der Waals surface area contributed by atoms with Crippen molar-refractivity contribution in [2.75, 3.05) is 5.32 Å². The minimum Gasteiger partial charge on any atom is -0.298 e. The predicted octanol–water partition coefficient (Wildman–Crippen LogP) is 4.62. The number of benzene rings is 2. The number of nitrogens with one attached hydrogen (secondary N) is 1. The lowest BCUT2D eigenvalue weighted by molar-refractivity contribution is -0.384. The third-order valence-electron chi connectivity index (χ3n) is 3.11. The molecule has 1 amide bonds. The van der Waals surface area contributed by atoms with Gasteiger partial charge in [-0.3, -0.25) is 20.2 Å². The van der Waals surface area contributed by atoms with E-state index in [1.807, 2.05) is 24.3 Å². The van der Waals surface area contributed by atoms with Crippen LogP contribution in [0.3, 0.4) is 0 Å². The second-order valence-corrected chi connectivity index (χ2v) is 6.75. The third-order valence-corrected chi connectivity index (χ3v) is 4.57. The van der Waals surface area contributed by atoms with Crippen LogP contribution in [0.15, 0.2) is 53.0 Å². The minimum absolute atomic E-state index is 0.000777. The lowest BCUT2D eigenvalue weighted by atomic mass is 10.2. The number of nitro groups is 1. The van der Waals surface area contributed by atoms with Crippen molar-refractivity contribution >= 4 is 60.3 Å². The van der Waals surface area contributed by atoms with Crippen molar-refractivity contribution < 1.29 is 9.72 Å². The van der Waals surface area contributed by atoms with Crippen LogP contribution >= 0.6 is 27.3 Å². The molecule has 3 aromatic rings. The average Bonchev–Trinajstić information content (AvgIpc) is 2.95. The van der Waals surface area contributed by atoms with Gasteiger partial charge in [0.25, 0.3) is 5.69 Å². The van der Waals surface area contributed by atoms with Gasteiger partial charge < -0.3 is 0 Å². The minimum atomic E-state index is -0.460. The molecule has 3 rings (SSSR count). The van der Waals surface area contributed by atoms with Crippen LogP contribution in [0.1, 0.15) is 5.56 Å². The zero-order chi connectivity index (χ0) is 17.1. The molecule has 1 aromatic heterocycles. The Morgan fingerprint density at radius 3 is 2.71 bits per heavy atom. The van der Waals surface area contributed by atoms with E-state index in [1.54, 1.807) is 12.1 Å². The first-order chi connectivity index (χ1) is 11.5. The van der Waals surface area contributed by atoms with Gasteiger partial charge in [-0.1, -0.05) is 39.4 Å². The van der Waals surface area contributed by atoms with Gasteiger partial charge in [0.05, 0.1) is 15.1 Å². The van der Waals surface area contributed by atoms with E-state index in [0.29, 0.717) is 15.3 Å². The van der Waals surface area contributed by atoms with E-state index in [2.05, 4.69) is 26.2 Å². The van der Waals surface area contributed by atoms with Crippen LogP contribution in [0.5, 0.6) is 0 Å². The molecule has 0 radical (unpaired) electrons. The molecule has 0 unspecified atom stereocenters. The number of fused-ring (bicyclic) bond motifs is 1. The first-order valence-electron chi connectivity index (χ1n) is 6.81. The molecule has 0 aliphatic rings. The molecule has 0 fully saturated rings. The second-order valence-electron chi connectivity index (χ2n) is 4.80. The van der Waals surface area contributed by atoms with Crippen molar-refractivity contribution in [3.63, 3.8) is 0 Å². The summed E-state index contributed by atoms with van der Waals surface area (Å²) < 4.78 is 1.61. The number of hydrogen-bond acceptors (Lipinski definition) is 5. The molecule has 0 saturated carbocycles. The highest BCUT2D eigenvalue weighted by Crippen LogP contribution is 2.29. The summed E-state index contributed by atoms with van der Waals surface area (Å²) in [6.45, 7) is 0. The Bertz CT molecular complexity index is 951. The Morgan fingerprint density at radius 2 is 2.00 bits per heavy atom. The van der Waals surface area contributed by atoms with Crippen LogP contribution in [-0.4, -0.2) is 15.8 Å². The first-order valence-corrected chi connectivity index (χ1v) is 8.42. The predicted molar refractivity (Wildman–Crippen MR) is 98.1 cm³/mol. The maximum atomic E-state index is 12.0. The van der Waals surface area contributed by atoms with Crippen LogP contribution < -0.4 is 5.32 Å². The number of hydrogen-bond donors (Lipinski definition) is 1. The molecule has 0 spiro atoms. The van der Waals surface area contributed by atoms with Crippen LogP contribution in [-0.2, 0) is 4.79 Å². The van der Waals surface area contributed by atoms with Gasteiger partial charge in [-0.2, -0.15) is 0 Å². The smallest absolute Gasteiger partial charge is 0.270 e. The van der Waals surface area contributed by atoms with Crippen molar-refractivity contribution in [1.29, 1.82) is 0 Å². The van der Waals surface area contributed by atoms with Crippen molar-refractivity contribution in [2.45, 2.75) is 0 Å².